The van der Waals surface area contributed by atoms with Crippen molar-refractivity contribution < 1.29 is 5.11 Å². The summed E-state index contributed by atoms with van der Waals surface area (Å²) in [6.45, 7) is 6.14. The van der Waals surface area contributed by atoms with Crippen LogP contribution < -0.4 is 10.6 Å². The lowest BCUT2D eigenvalue weighted by Crippen LogP contribution is -2.26. The van der Waals surface area contributed by atoms with E-state index in [0.29, 0.717) is 10.9 Å². The highest BCUT2D eigenvalue weighted by Gasteiger charge is 2.26. The molecule has 1 aromatic heterocycles. The van der Waals surface area contributed by atoms with E-state index in [4.69, 9.17) is 23.1 Å². The Hall–Kier alpha value is -1.20. The zero-order valence-corrected chi connectivity index (χ0v) is 12.3. The third-order valence-corrected chi connectivity index (χ3v) is 3.90. The minimum absolute atomic E-state index is 0.251. The van der Waals surface area contributed by atoms with Crippen LogP contribution in [0.5, 0.6) is 0 Å². The Bertz CT molecular complexity index is 490. The number of pyridine rings is 1. The Kier molecular flexibility index (Phi) is 4.37. The van der Waals surface area contributed by atoms with Crippen LogP contribution in [0, 0.1) is 19.8 Å². The first kappa shape index (κ1) is 14.2. The van der Waals surface area contributed by atoms with Gasteiger partial charge >= 0.3 is 0 Å². The van der Waals surface area contributed by atoms with Crippen LogP contribution in [-0.4, -0.2) is 34.8 Å². The Morgan fingerprint density at radius 2 is 2.32 bits per heavy atom. The molecule has 2 rings (SSSR count). The van der Waals surface area contributed by atoms with Gasteiger partial charge in [-0.15, -0.1) is 0 Å². The topological polar surface area (TPSA) is 62.4 Å². The first-order valence-corrected chi connectivity index (χ1v) is 7.07. The quantitative estimate of drug-likeness (QED) is 0.819. The van der Waals surface area contributed by atoms with Crippen molar-refractivity contribution in [1.82, 2.24) is 4.98 Å². The molecule has 1 saturated heterocycles. The van der Waals surface area contributed by atoms with Gasteiger partial charge in [-0.05, 0) is 44.2 Å². The molecule has 104 valence electrons. The highest BCUT2D eigenvalue weighted by atomic mass is 32.1. The maximum Gasteiger partial charge on any atom is 0.139 e. The van der Waals surface area contributed by atoms with Crippen LogP contribution in [0.2, 0.25) is 0 Å². The number of aryl methyl sites for hydroxylation is 2. The molecule has 2 heterocycles. The number of aliphatic hydroxyl groups is 1. The van der Waals surface area contributed by atoms with Crippen molar-refractivity contribution in [1.29, 1.82) is 0 Å². The van der Waals surface area contributed by atoms with Crippen molar-refractivity contribution in [3.63, 3.8) is 0 Å². The van der Waals surface area contributed by atoms with Gasteiger partial charge < -0.3 is 15.7 Å². The second kappa shape index (κ2) is 5.84. The summed E-state index contributed by atoms with van der Waals surface area (Å²) in [4.78, 5) is 7.28. The number of rotatable bonds is 4. The predicted octanol–water partition coefficient (Wildman–Crippen LogP) is 1.54. The summed E-state index contributed by atoms with van der Waals surface area (Å²) in [6, 6.07) is 2.01. The van der Waals surface area contributed by atoms with Gasteiger partial charge in [0.05, 0.1) is 5.56 Å². The fraction of sp³-hybridized carbons (Fsp3) is 0.571. The molecule has 1 unspecified atom stereocenters. The van der Waals surface area contributed by atoms with E-state index in [0.717, 1.165) is 48.6 Å². The lowest BCUT2D eigenvalue weighted by molar-refractivity contribution is 0.263. The van der Waals surface area contributed by atoms with Crippen LogP contribution in [0.4, 0.5) is 5.82 Å². The van der Waals surface area contributed by atoms with Crippen molar-refractivity contribution in [2.45, 2.75) is 26.7 Å². The van der Waals surface area contributed by atoms with Crippen LogP contribution in [-0.2, 0) is 0 Å². The van der Waals surface area contributed by atoms with Crippen molar-refractivity contribution in [3.05, 3.63) is 22.9 Å². The maximum atomic E-state index is 9.04. The van der Waals surface area contributed by atoms with E-state index in [1.54, 1.807) is 0 Å². The van der Waals surface area contributed by atoms with E-state index in [2.05, 4.69) is 9.88 Å². The summed E-state index contributed by atoms with van der Waals surface area (Å²) in [5.41, 5.74) is 8.81. The molecule has 0 radical (unpaired) electrons. The number of nitrogens with two attached hydrogens (primary N) is 1. The van der Waals surface area contributed by atoms with Crippen LogP contribution in [0.1, 0.15) is 29.7 Å². The summed E-state index contributed by atoms with van der Waals surface area (Å²) >= 11 is 5.17. The van der Waals surface area contributed by atoms with E-state index >= 15 is 0 Å². The van der Waals surface area contributed by atoms with Crippen LogP contribution in [0.3, 0.4) is 0 Å². The zero-order chi connectivity index (χ0) is 14.0. The Morgan fingerprint density at radius 1 is 1.58 bits per heavy atom. The van der Waals surface area contributed by atoms with Crippen molar-refractivity contribution in [2.24, 2.45) is 11.7 Å². The van der Waals surface area contributed by atoms with Gasteiger partial charge in [0.1, 0.15) is 10.8 Å². The number of aliphatic hydroxyl groups excluding tert-OH is 1. The third kappa shape index (κ3) is 3.04. The second-order valence-corrected chi connectivity index (χ2v) is 5.70. The zero-order valence-electron chi connectivity index (χ0n) is 11.5. The van der Waals surface area contributed by atoms with E-state index < -0.39 is 0 Å². The molecule has 1 atom stereocenters. The van der Waals surface area contributed by atoms with Gasteiger partial charge in [-0.1, -0.05) is 12.2 Å². The molecule has 0 bridgehead atoms. The van der Waals surface area contributed by atoms with Gasteiger partial charge in [0, 0.05) is 25.4 Å². The lowest BCUT2D eigenvalue weighted by Gasteiger charge is -2.22. The normalized spacial score (nSPS) is 18.9. The van der Waals surface area contributed by atoms with Gasteiger partial charge in [0.2, 0.25) is 0 Å². The molecule has 4 nitrogen and oxygen atoms in total. The summed E-state index contributed by atoms with van der Waals surface area (Å²) in [7, 11) is 0. The number of hydrogen-bond acceptors (Lipinski definition) is 4. The molecule has 19 heavy (non-hydrogen) atoms. The maximum absolute atomic E-state index is 9.04. The molecule has 1 aliphatic heterocycles. The van der Waals surface area contributed by atoms with Gasteiger partial charge in [-0.2, -0.15) is 0 Å². The molecule has 1 aromatic rings. The Labute approximate surface area is 119 Å². The van der Waals surface area contributed by atoms with Gasteiger partial charge in [0.15, 0.2) is 0 Å². The van der Waals surface area contributed by atoms with Crippen molar-refractivity contribution >= 4 is 23.0 Å². The third-order valence-electron chi connectivity index (χ3n) is 3.69. The van der Waals surface area contributed by atoms with Crippen molar-refractivity contribution in [3.8, 4) is 0 Å². The number of aromatic nitrogens is 1. The lowest BCUT2D eigenvalue weighted by atomic mass is 10.1. The minimum atomic E-state index is 0.251. The average molecular weight is 279 g/mol. The van der Waals surface area contributed by atoms with Gasteiger partial charge in [-0.25, -0.2) is 4.98 Å². The molecule has 5 heteroatoms. The van der Waals surface area contributed by atoms with E-state index in [1.807, 2.05) is 19.9 Å². The predicted molar refractivity (Wildman–Crippen MR) is 81.6 cm³/mol. The summed E-state index contributed by atoms with van der Waals surface area (Å²) in [6.07, 6.45) is 1.94. The highest BCUT2D eigenvalue weighted by Crippen LogP contribution is 2.29. The number of nitrogens with zero attached hydrogens (tertiary/aromatic N) is 2. The highest BCUT2D eigenvalue weighted by molar-refractivity contribution is 7.80. The standard InChI is InChI=1S/C14H21N3OS/c1-9-7-10(2)16-14(12(9)13(15)19)17-5-3-11(8-17)4-6-18/h7,11,18H,3-6,8H2,1-2H3,(H2,15,19). The van der Waals surface area contributed by atoms with E-state index in [9.17, 15) is 0 Å². The molecule has 0 spiro atoms. The summed E-state index contributed by atoms with van der Waals surface area (Å²) in [5, 5.41) is 9.04. The SMILES string of the molecule is Cc1cc(C)c(C(N)=S)c(N2CCC(CCO)C2)n1. The fourth-order valence-electron chi connectivity index (χ4n) is 2.79. The fourth-order valence-corrected chi connectivity index (χ4v) is 3.05. The van der Waals surface area contributed by atoms with Gasteiger partial charge in [-0.3, -0.25) is 0 Å². The minimum Gasteiger partial charge on any atom is -0.396 e. The molecule has 1 aliphatic rings. The second-order valence-electron chi connectivity index (χ2n) is 5.26. The van der Waals surface area contributed by atoms with Crippen LogP contribution >= 0.6 is 12.2 Å². The molecular weight excluding hydrogens is 258 g/mol. The number of hydrogen-bond donors (Lipinski definition) is 2. The monoisotopic (exact) mass is 279 g/mol. The molecule has 0 aromatic carbocycles. The summed E-state index contributed by atoms with van der Waals surface area (Å²) in [5.74, 6) is 1.44. The molecule has 3 N–H and O–H groups in total. The number of thiocarbonyl (C=S) groups is 1. The first-order valence-electron chi connectivity index (χ1n) is 6.66. The van der Waals surface area contributed by atoms with E-state index in [-0.39, 0.29) is 6.61 Å². The molecule has 0 amide bonds. The molecular formula is C14H21N3OS. The van der Waals surface area contributed by atoms with Gasteiger partial charge in [0.25, 0.3) is 0 Å². The van der Waals surface area contributed by atoms with E-state index in [1.165, 1.54) is 0 Å². The molecule has 0 aliphatic carbocycles. The smallest absolute Gasteiger partial charge is 0.139 e. The average Bonchev–Trinajstić information content (AvgIpc) is 2.76. The number of anilines is 1. The van der Waals surface area contributed by atoms with Crippen molar-refractivity contribution in [2.75, 3.05) is 24.6 Å². The van der Waals surface area contributed by atoms with Crippen LogP contribution in [0.25, 0.3) is 0 Å². The molecule has 1 fully saturated rings. The Balaban J connectivity index is 2.32. The van der Waals surface area contributed by atoms with Crippen LogP contribution in [0.15, 0.2) is 6.07 Å². The Morgan fingerprint density at radius 3 is 2.95 bits per heavy atom. The first-order chi connectivity index (χ1) is 9.02. The molecule has 0 saturated carbocycles. The largest absolute Gasteiger partial charge is 0.396 e. The summed E-state index contributed by atoms with van der Waals surface area (Å²) < 4.78 is 0.